The minimum atomic E-state index is -0.518. The van der Waals surface area contributed by atoms with Crippen molar-refractivity contribution in [3.05, 3.63) is 17.7 Å². The van der Waals surface area contributed by atoms with Gasteiger partial charge in [-0.05, 0) is 19.1 Å². The molecule has 0 aliphatic heterocycles. The summed E-state index contributed by atoms with van der Waals surface area (Å²) in [5.74, 6) is 1.60. The summed E-state index contributed by atoms with van der Waals surface area (Å²) >= 11 is 0. The molecule has 0 unspecified atom stereocenters. The van der Waals surface area contributed by atoms with Gasteiger partial charge in [-0.3, -0.25) is 0 Å². The number of hydrogen-bond acceptors (Lipinski definition) is 4. The second kappa shape index (κ2) is 5.25. The van der Waals surface area contributed by atoms with Crippen molar-refractivity contribution in [2.24, 2.45) is 0 Å². The van der Waals surface area contributed by atoms with Crippen molar-refractivity contribution in [1.29, 1.82) is 0 Å². The number of hydrogen-bond donors (Lipinski definition) is 1. The van der Waals surface area contributed by atoms with Gasteiger partial charge in [-0.1, -0.05) is 0 Å². The van der Waals surface area contributed by atoms with Gasteiger partial charge in [-0.15, -0.1) is 0 Å². The topological polar surface area (TPSA) is 56.8 Å². The highest BCUT2D eigenvalue weighted by molar-refractivity contribution is 5.71. The molecule has 0 aliphatic carbocycles. The van der Waals surface area contributed by atoms with Gasteiger partial charge in [0.2, 0.25) is 0 Å². The lowest BCUT2D eigenvalue weighted by Gasteiger charge is -2.13. The number of methoxy groups -OCH3 is 2. The van der Waals surface area contributed by atoms with E-state index < -0.39 is 6.09 Å². The molecule has 0 saturated heterocycles. The van der Waals surface area contributed by atoms with Crippen LogP contribution >= 0.6 is 0 Å². The number of nitrogens with one attached hydrogen (secondary N) is 1. The Morgan fingerprint density at radius 1 is 1.19 bits per heavy atom. The van der Waals surface area contributed by atoms with Crippen LogP contribution in [0.5, 0.6) is 17.2 Å². The average molecular weight is 225 g/mol. The third-order valence-corrected chi connectivity index (χ3v) is 2.15. The Morgan fingerprint density at radius 2 is 1.81 bits per heavy atom. The molecule has 0 bridgehead atoms. The van der Waals surface area contributed by atoms with E-state index >= 15 is 0 Å². The van der Waals surface area contributed by atoms with Gasteiger partial charge >= 0.3 is 6.09 Å². The number of carbonyl (C=O) groups excluding carboxylic acids is 1. The molecule has 0 fully saturated rings. The van der Waals surface area contributed by atoms with Crippen LogP contribution in [0.3, 0.4) is 0 Å². The van der Waals surface area contributed by atoms with Gasteiger partial charge in [0.1, 0.15) is 5.75 Å². The Morgan fingerprint density at radius 3 is 2.31 bits per heavy atom. The predicted molar refractivity (Wildman–Crippen MR) is 59.4 cm³/mol. The van der Waals surface area contributed by atoms with Gasteiger partial charge in [0.15, 0.2) is 11.5 Å². The molecule has 0 aromatic heterocycles. The zero-order valence-electron chi connectivity index (χ0n) is 9.79. The monoisotopic (exact) mass is 225 g/mol. The lowest BCUT2D eigenvalue weighted by Crippen LogP contribution is -2.22. The van der Waals surface area contributed by atoms with E-state index in [4.69, 9.17) is 14.2 Å². The quantitative estimate of drug-likeness (QED) is 0.851. The maximum atomic E-state index is 11.1. The molecular formula is C11H15NO4. The predicted octanol–water partition coefficient (Wildman–Crippen LogP) is 1.73. The highest BCUT2D eigenvalue weighted by atomic mass is 16.6. The molecule has 5 heteroatoms. The lowest BCUT2D eigenvalue weighted by molar-refractivity contribution is 0.202. The van der Waals surface area contributed by atoms with Gasteiger partial charge in [0, 0.05) is 12.6 Å². The van der Waals surface area contributed by atoms with Crippen LogP contribution in [0.25, 0.3) is 0 Å². The van der Waals surface area contributed by atoms with E-state index in [2.05, 4.69) is 5.32 Å². The Kier molecular flexibility index (Phi) is 3.99. The van der Waals surface area contributed by atoms with Crippen molar-refractivity contribution >= 4 is 6.09 Å². The van der Waals surface area contributed by atoms with E-state index in [9.17, 15) is 4.79 Å². The van der Waals surface area contributed by atoms with Crippen LogP contribution < -0.4 is 19.5 Å². The number of amides is 1. The fraction of sp³-hybridized carbons (Fsp3) is 0.364. The SMILES string of the molecule is CNC(=O)Oc1ccc(OC)c(OC)c1C. The Labute approximate surface area is 94.3 Å². The third-order valence-electron chi connectivity index (χ3n) is 2.15. The van der Waals surface area contributed by atoms with Crippen molar-refractivity contribution in [1.82, 2.24) is 5.32 Å². The summed E-state index contributed by atoms with van der Waals surface area (Å²) in [5.41, 5.74) is 0.713. The van der Waals surface area contributed by atoms with Crippen LogP contribution in [0.1, 0.15) is 5.56 Å². The molecule has 1 N–H and O–H groups in total. The van der Waals surface area contributed by atoms with E-state index in [1.807, 2.05) is 0 Å². The second-order valence-corrected chi connectivity index (χ2v) is 3.06. The smallest absolute Gasteiger partial charge is 0.412 e. The van der Waals surface area contributed by atoms with Crippen LogP contribution in [0.4, 0.5) is 4.79 Å². The third kappa shape index (κ3) is 2.36. The summed E-state index contributed by atoms with van der Waals surface area (Å²) in [6.45, 7) is 1.79. The summed E-state index contributed by atoms with van der Waals surface area (Å²) in [6, 6.07) is 3.34. The molecular weight excluding hydrogens is 210 g/mol. The number of carbonyl (C=O) groups is 1. The first-order valence-corrected chi connectivity index (χ1v) is 4.75. The minimum absolute atomic E-state index is 0.442. The van der Waals surface area contributed by atoms with Crippen LogP contribution in [0, 0.1) is 6.92 Å². The molecule has 0 radical (unpaired) electrons. The second-order valence-electron chi connectivity index (χ2n) is 3.06. The Balaban J connectivity index is 3.08. The fourth-order valence-electron chi connectivity index (χ4n) is 1.32. The standard InChI is InChI=1S/C11H15NO4/c1-7-8(16-11(13)12-2)5-6-9(14-3)10(7)15-4/h5-6H,1-4H3,(H,12,13). The molecule has 1 aromatic carbocycles. The number of ether oxygens (including phenoxy) is 3. The number of benzene rings is 1. The fourth-order valence-corrected chi connectivity index (χ4v) is 1.32. The molecule has 0 saturated carbocycles. The zero-order chi connectivity index (χ0) is 12.1. The molecule has 0 spiro atoms. The van der Waals surface area contributed by atoms with Crippen LogP contribution in [0.15, 0.2) is 12.1 Å². The van der Waals surface area contributed by atoms with Gasteiger partial charge in [0.05, 0.1) is 14.2 Å². The molecule has 0 heterocycles. The molecule has 0 atom stereocenters. The molecule has 1 aromatic rings. The van der Waals surface area contributed by atoms with Crippen LogP contribution in [-0.2, 0) is 0 Å². The summed E-state index contributed by atoms with van der Waals surface area (Å²) in [5, 5.41) is 2.37. The molecule has 1 amide bonds. The highest BCUT2D eigenvalue weighted by Crippen LogP contribution is 2.36. The molecule has 88 valence electrons. The van der Waals surface area contributed by atoms with Gasteiger partial charge < -0.3 is 19.5 Å². The maximum absolute atomic E-state index is 11.1. The maximum Gasteiger partial charge on any atom is 0.412 e. The first-order valence-electron chi connectivity index (χ1n) is 4.75. The minimum Gasteiger partial charge on any atom is -0.493 e. The summed E-state index contributed by atoms with van der Waals surface area (Å²) < 4.78 is 15.4. The van der Waals surface area contributed by atoms with Crippen molar-refractivity contribution < 1.29 is 19.0 Å². The summed E-state index contributed by atoms with van der Waals surface area (Å²) in [4.78, 5) is 11.1. The largest absolute Gasteiger partial charge is 0.493 e. The van der Waals surface area contributed by atoms with Crippen LogP contribution in [-0.4, -0.2) is 27.4 Å². The van der Waals surface area contributed by atoms with E-state index in [0.717, 1.165) is 0 Å². The van der Waals surface area contributed by atoms with Crippen molar-refractivity contribution in [2.45, 2.75) is 6.92 Å². The molecule has 16 heavy (non-hydrogen) atoms. The van der Waals surface area contributed by atoms with Gasteiger partial charge in [-0.25, -0.2) is 4.79 Å². The lowest BCUT2D eigenvalue weighted by atomic mass is 10.2. The first kappa shape index (κ1) is 12.2. The number of rotatable bonds is 3. The highest BCUT2D eigenvalue weighted by Gasteiger charge is 2.13. The molecule has 5 nitrogen and oxygen atoms in total. The average Bonchev–Trinajstić information content (AvgIpc) is 2.31. The zero-order valence-corrected chi connectivity index (χ0v) is 9.79. The normalized spacial score (nSPS) is 9.50. The summed E-state index contributed by atoms with van der Waals surface area (Å²) in [6.07, 6.45) is -0.518. The van der Waals surface area contributed by atoms with E-state index in [1.54, 1.807) is 26.2 Å². The van der Waals surface area contributed by atoms with Gasteiger partial charge in [0.25, 0.3) is 0 Å². The van der Waals surface area contributed by atoms with Gasteiger partial charge in [-0.2, -0.15) is 0 Å². The Bertz CT molecular complexity index is 390. The van der Waals surface area contributed by atoms with Crippen molar-refractivity contribution in [3.8, 4) is 17.2 Å². The van der Waals surface area contributed by atoms with Crippen LogP contribution in [0.2, 0.25) is 0 Å². The van der Waals surface area contributed by atoms with E-state index in [1.165, 1.54) is 14.2 Å². The van der Waals surface area contributed by atoms with Crippen molar-refractivity contribution in [3.63, 3.8) is 0 Å². The first-order chi connectivity index (χ1) is 7.63. The van der Waals surface area contributed by atoms with Crippen molar-refractivity contribution in [2.75, 3.05) is 21.3 Å². The summed E-state index contributed by atoms with van der Waals surface area (Å²) in [7, 11) is 4.59. The molecule has 0 aliphatic rings. The van der Waals surface area contributed by atoms with E-state index in [0.29, 0.717) is 22.8 Å². The van der Waals surface area contributed by atoms with E-state index in [-0.39, 0.29) is 0 Å². The Hall–Kier alpha value is -1.91. The molecule has 1 rings (SSSR count).